The van der Waals surface area contributed by atoms with Crippen LogP contribution >= 0.6 is 0 Å². The molecule has 2 rings (SSSR count). The Bertz CT molecular complexity index is 525. The Hall–Kier alpha value is -1.87. The van der Waals surface area contributed by atoms with Crippen LogP contribution in [-0.4, -0.2) is 17.2 Å². The third-order valence-corrected chi connectivity index (χ3v) is 2.99. The van der Waals surface area contributed by atoms with Gasteiger partial charge in [0, 0.05) is 18.8 Å². The Kier molecular flexibility index (Phi) is 3.95. The van der Waals surface area contributed by atoms with E-state index in [1.54, 1.807) is 19.5 Å². The van der Waals surface area contributed by atoms with E-state index in [0.29, 0.717) is 6.42 Å². The molecule has 0 aliphatic carbocycles. The third kappa shape index (κ3) is 2.87. The number of rotatable bonds is 4. The van der Waals surface area contributed by atoms with Gasteiger partial charge in [-0.2, -0.15) is 0 Å². The molecule has 3 nitrogen and oxygen atoms in total. The zero-order valence-corrected chi connectivity index (χ0v) is 10.6. The molecule has 0 aliphatic rings. The number of aliphatic hydroxyl groups is 1. The van der Waals surface area contributed by atoms with Gasteiger partial charge in [0.2, 0.25) is 0 Å². The maximum Gasteiger partial charge on any atom is 0.119 e. The molecule has 0 saturated carbocycles. The average molecular weight is 243 g/mol. The summed E-state index contributed by atoms with van der Waals surface area (Å²) in [6.07, 6.45) is 3.53. The smallest absolute Gasteiger partial charge is 0.119 e. The minimum absolute atomic E-state index is 0.514. The largest absolute Gasteiger partial charge is 0.497 e. The summed E-state index contributed by atoms with van der Waals surface area (Å²) in [7, 11) is 1.64. The number of pyridine rings is 1. The molecule has 0 fully saturated rings. The molecule has 1 atom stereocenters. The van der Waals surface area contributed by atoms with Gasteiger partial charge in [0.25, 0.3) is 0 Å². The van der Waals surface area contributed by atoms with E-state index in [2.05, 4.69) is 4.98 Å². The van der Waals surface area contributed by atoms with E-state index in [1.807, 2.05) is 37.3 Å². The van der Waals surface area contributed by atoms with Crippen molar-refractivity contribution >= 4 is 0 Å². The number of hydrogen-bond donors (Lipinski definition) is 1. The van der Waals surface area contributed by atoms with Crippen LogP contribution in [0.5, 0.6) is 5.75 Å². The zero-order chi connectivity index (χ0) is 13.0. The van der Waals surface area contributed by atoms with Gasteiger partial charge in [-0.15, -0.1) is 0 Å². The molecule has 94 valence electrons. The number of nitrogens with zero attached hydrogens (tertiary/aromatic N) is 1. The first-order valence-corrected chi connectivity index (χ1v) is 5.92. The third-order valence-electron chi connectivity index (χ3n) is 2.99. The molecule has 0 amide bonds. The predicted molar refractivity (Wildman–Crippen MR) is 70.6 cm³/mol. The maximum atomic E-state index is 10.2. The first-order valence-electron chi connectivity index (χ1n) is 5.92. The molecular weight excluding hydrogens is 226 g/mol. The van der Waals surface area contributed by atoms with E-state index in [1.165, 1.54) is 0 Å². The normalized spacial score (nSPS) is 12.2. The number of aryl methyl sites for hydroxylation is 1. The molecular formula is C15H17NO2. The van der Waals surface area contributed by atoms with Crippen LogP contribution in [0, 0.1) is 6.92 Å². The summed E-state index contributed by atoms with van der Waals surface area (Å²) in [5.41, 5.74) is 2.98. The van der Waals surface area contributed by atoms with Crippen molar-refractivity contribution in [1.82, 2.24) is 4.98 Å². The van der Waals surface area contributed by atoms with Gasteiger partial charge in [-0.3, -0.25) is 4.98 Å². The second kappa shape index (κ2) is 5.65. The first-order chi connectivity index (χ1) is 8.70. The van der Waals surface area contributed by atoms with Crippen molar-refractivity contribution in [3.8, 4) is 5.75 Å². The second-order valence-electron chi connectivity index (χ2n) is 4.30. The number of ether oxygens (including phenoxy) is 1. The van der Waals surface area contributed by atoms with Gasteiger partial charge < -0.3 is 9.84 Å². The summed E-state index contributed by atoms with van der Waals surface area (Å²) in [5.74, 6) is 0.811. The maximum absolute atomic E-state index is 10.2. The fourth-order valence-corrected chi connectivity index (χ4v) is 1.99. The molecule has 1 aromatic carbocycles. The molecule has 0 spiro atoms. The lowest BCUT2D eigenvalue weighted by Crippen LogP contribution is -2.04. The molecule has 2 aromatic rings. The van der Waals surface area contributed by atoms with Crippen LogP contribution in [0.2, 0.25) is 0 Å². The van der Waals surface area contributed by atoms with Crippen LogP contribution in [-0.2, 0) is 6.42 Å². The first kappa shape index (κ1) is 12.6. The van der Waals surface area contributed by atoms with E-state index < -0.39 is 6.10 Å². The fourth-order valence-electron chi connectivity index (χ4n) is 1.99. The fraction of sp³-hybridized carbons (Fsp3) is 0.267. The van der Waals surface area contributed by atoms with E-state index in [4.69, 9.17) is 4.74 Å². The van der Waals surface area contributed by atoms with Crippen molar-refractivity contribution in [3.63, 3.8) is 0 Å². The summed E-state index contributed by atoms with van der Waals surface area (Å²) >= 11 is 0. The summed E-state index contributed by atoms with van der Waals surface area (Å²) in [4.78, 5) is 4.03. The van der Waals surface area contributed by atoms with E-state index in [-0.39, 0.29) is 0 Å². The van der Waals surface area contributed by atoms with Gasteiger partial charge in [-0.05, 0) is 41.8 Å². The lowest BCUT2D eigenvalue weighted by Gasteiger charge is -2.13. The van der Waals surface area contributed by atoms with E-state index >= 15 is 0 Å². The highest BCUT2D eigenvalue weighted by Crippen LogP contribution is 2.22. The summed E-state index contributed by atoms with van der Waals surface area (Å²) < 4.78 is 5.17. The minimum Gasteiger partial charge on any atom is -0.497 e. The van der Waals surface area contributed by atoms with Crippen LogP contribution in [0.4, 0.5) is 0 Å². The summed E-state index contributed by atoms with van der Waals surface area (Å²) in [6.45, 7) is 1.96. The predicted octanol–water partition coefficient (Wildman–Crippen LogP) is 2.67. The van der Waals surface area contributed by atoms with Crippen molar-refractivity contribution in [2.45, 2.75) is 19.4 Å². The number of aliphatic hydroxyl groups excluding tert-OH is 1. The monoisotopic (exact) mass is 243 g/mol. The molecule has 0 bridgehead atoms. The standard InChI is InChI=1S/C15H17NO2/c1-11-10-16-7-6-14(11)15(17)9-12-4-3-5-13(8-12)18-2/h3-8,10,15,17H,9H2,1-2H3. The van der Waals surface area contributed by atoms with Crippen molar-refractivity contribution in [2.75, 3.05) is 7.11 Å². The number of methoxy groups -OCH3 is 1. The molecule has 0 saturated heterocycles. The number of hydrogen-bond acceptors (Lipinski definition) is 3. The Morgan fingerprint density at radius 3 is 2.89 bits per heavy atom. The average Bonchev–Trinajstić information content (AvgIpc) is 2.39. The van der Waals surface area contributed by atoms with Crippen LogP contribution < -0.4 is 4.74 Å². The zero-order valence-electron chi connectivity index (χ0n) is 10.6. The summed E-state index contributed by atoms with van der Waals surface area (Å²) in [5, 5.41) is 10.2. The SMILES string of the molecule is COc1cccc(CC(O)c2ccncc2C)c1. The quantitative estimate of drug-likeness (QED) is 0.897. The van der Waals surface area contributed by atoms with Crippen LogP contribution in [0.1, 0.15) is 22.8 Å². The molecule has 1 unspecified atom stereocenters. The molecule has 1 N–H and O–H groups in total. The lowest BCUT2D eigenvalue weighted by molar-refractivity contribution is 0.177. The van der Waals surface area contributed by atoms with Gasteiger partial charge in [0.05, 0.1) is 13.2 Å². The Morgan fingerprint density at radius 1 is 1.33 bits per heavy atom. The van der Waals surface area contributed by atoms with Gasteiger partial charge in [0.1, 0.15) is 5.75 Å². The number of aromatic nitrogens is 1. The van der Waals surface area contributed by atoms with Crippen LogP contribution in [0.3, 0.4) is 0 Å². The van der Waals surface area contributed by atoms with Gasteiger partial charge >= 0.3 is 0 Å². The topological polar surface area (TPSA) is 42.4 Å². The van der Waals surface area contributed by atoms with E-state index in [0.717, 1.165) is 22.4 Å². The Morgan fingerprint density at radius 2 is 2.17 bits per heavy atom. The van der Waals surface area contributed by atoms with Gasteiger partial charge in [-0.1, -0.05) is 12.1 Å². The van der Waals surface area contributed by atoms with Crippen LogP contribution in [0.15, 0.2) is 42.7 Å². The highest BCUT2D eigenvalue weighted by Gasteiger charge is 2.11. The molecule has 18 heavy (non-hydrogen) atoms. The Balaban J connectivity index is 2.16. The van der Waals surface area contributed by atoms with E-state index in [9.17, 15) is 5.11 Å². The molecule has 0 aliphatic heterocycles. The molecule has 0 radical (unpaired) electrons. The minimum atomic E-state index is -0.514. The highest BCUT2D eigenvalue weighted by atomic mass is 16.5. The van der Waals surface area contributed by atoms with Gasteiger partial charge in [-0.25, -0.2) is 0 Å². The van der Waals surface area contributed by atoms with Gasteiger partial charge in [0.15, 0.2) is 0 Å². The van der Waals surface area contributed by atoms with Crippen molar-refractivity contribution in [1.29, 1.82) is 0 Å². The molecule has 1 aromatic heterocycles. The Labute approximate surface area is 107 Å². The van der Waals surface area contributed by atoms with Crippen molar-refractivity contribution in [3.05, 3.63) is 59.4 Å². The van der Waals surface area contributed by atoms with Crippen LogP contribution in [0.25, 0.3) is 0 Å². The van der Waals surface area contributed by atoms with Crippen molar-refractivity contribution in [2.24, 2.45) is 0 Å². The molecule has 3 heteroatoms. The lowest BCUT2D eigenvalue weighted by atomic mass is 9.99. The second-order valence-corrected chi connectivity index (χ2v) is 4.30. The molecule has 1 heterocycles. The number of benzene rings is 1. The highest BCUT2D eigenvalue weighted by molar-refractivity contribution is 5.31. The van der Waals surface area contributed by atoms with Crippen molar-refractivity contribution < 1.29 is 9.84 Å². The summed E-state index contributed by atoms with van der Waals surface area (Å²) in [6, 6.07) is 9.62.